The zero-order valence-electron chi connectivity index (χ0n) is 31.5. The number of nitrogens with zero attached hydrogens (tertiary/aromatic N) is 4. The number of hydrogen-bond acceptors (Lipinski definition) is 8. The highest BCUT2D eigenvalue weighted by Crippen LogP contribution is 2.21. The van der Waals surface area contributed by atoms with Gasteiger partial charge in [0.1, 0.15) is 5.60 Å². The minimum atomic E-state index is -0.347. The smallest absolute Gasteiger partial charge is 0.309 e. The molecule has 11 heteroatoms. The number of aliphatic imine (C=N–C) groups is 1. The third-order valence-corrected chi connectivity index (χ3v) is 8.06. The van der Waals surface area contributed by atoms with Gasteiger partial charge in [0, 0.05) is 42.3 Å². The van der Waals surface area contributed by atoms with Gasteiger partial charge in [0.15, 0.2) is 0 Å². The van der Waals surface area contributed by atoms with Gasteiger partial charge in [-0.15, -0.1) is 0 Å². The Morgan fingerprint density at radius 3 is 2.24 bits per heavy atom. The van der Waals surface area contributed by atoms with Crippen molar-refractivity contribution in [3.8, 4) is 0 Å². The van der Waals surface area contributed by atoms with Gasteiger partial charge in [-0.1, -0.05) is 61.0 Å². The second-order valence-electron chi connectivity index (χ2n) is 13.2. The van der Waals surface area contributed by atoms with Crippen molar-refractivity contribution in [2.75, 3.05) is 7.05 Å². The summed E-state index contributed by atoms with van der Waals surface area (Å²) in [5.74, 6) is -0.388. The van der Waals surface area contributed by atoms with Crippen LogP contribution in [0.3, 0.4) is 0 Å². The first-order chi connectivity index (χ1) is 23.1. The van der Waals surface area contributed by atoms with E-state index in [1.54, 1.807) is 42.3 Å². The van der Waals surface area contributed by atoms with Gasteiger partial charge in [0.05, 0.1) is 41.3 Å². The number of amides is 2. The number of aromatic nitrogens is 3. The van der Waals surface area contributed by atoms with E-state index in [0.29, 0.717) is 33.7 Å². The minimum Gasteiger partial charge on any atom is -0.460 e. The molecule has 0 aliphatic rings. The Labute approximate surface area is 293 Å². The zero-order chi connectivity index (χ0) is 37.3. The molecule has 2 rings (SSSR count). The summed E-state index contributed by atoms with van der Waals surface area (Å²) in [6, 6.07) is 0. The molecule has 3 unspecified atom stereocenters. The lowest BCUT2D eigenvalue weighted by atomic mass is 9.97. The molecule has 3 atom stereocenters. The highest BCUT2D eigenvalue weighted by atomic mass is 16.6. The first-order valence-electron chi connectivity index (χ1n) is 17.1. The highest BCUT2D eigenvalue weighted by Gasteiger charge is 2.20. The van der Waals surface area contributed by atoms with Crippen molar-refractivity contribution in [2.45, 2.75) is 107 Å². The SMILES string of the molecule is C=C/C(=C\C(NC(=O)c1cnn2cc(/C(C=NC)=C/N)ncc12)=C(\C)C(C)CC)NC(=O)C(C)CCCC.CCC(C)C(=O)OC(C)(C)C. The highest BCUT2D eigenvalue weighted by molar-refractivity contribution is 6.09. The van der Waals surface area contributed by atoms with Crippen LogP contribution in [0.15, 0.2) is 65.5 Å². The summed E-state index contributed by atoms with van der Waals surface area (Å²) >= 11 is 0. The number of rotatable bonds is 15. The third kappa shape index (κ3) is 13.8. The van der Waals surface area contributed by atoms with E-state index in [1.165, 1.54) is 12.4 Å². The monoisotopic (exact) mass is 677 g/mol. The number of hydrogen-bond donors (Lipinski definition) is 3. The maximum absolute atomic E-state index is 13.4. The fourth-order valence-electron chi connectivity index (χ4n) is 4.33. The number of unbranched alkanes of at least 4 members (excludes halogenated alkanes) is 1. The molecule has 270 valence electrons. The average Bonchev–Trinajstić information content (AvgIpc) is 3.50. The van der Waals surface area contributed by atoms with Crippen molar-refractivity contribution < 1.29 is 19.1 Å². The van der Waals surface area contributed by atoms with Gasteiger partial charge in [-0.3, -0.25) is 24.4 Å². The number of nitrogens with two attached hydrogens (primary N) is 1. The number of ether oxygens (including phenoxy) is 1. The molecule has 0 fully saturated rings. The van der Waals surface area contributed by atoms with Crippen LogP contribution in [-0.4, -0.2) is 51.2 Å². The molecule has 0 saturated carbocycles. The maximum Gasteiger partial charge on any atom is 0.309 e. The van der Waals surface area contributed by atoms with Gasteiger partial charge in [-0.25, -0.2) is 4.52 Å². The molecule has 2 amide bonds. The number of nitrogens with one attached hydrogen (secondary N) is 2. The largest absolute Gasteiger partial charge is 0.460 e. The van der Waals surface area contributed by atoms with Gasteiger partial charge in [0.2, 0.25) is 5.91 Å². The fraction of sp³-hybridized carbons (Fsp3) is 0.526. The van der Waals surface area contributed by atoms with E-state index in [-0.39, 0.29) is 41.1 Å². The van der Waals surface area contributed by atoms with Crippen LogP contribution in [0.25, 0.3) is 11.1 Å². The summed E-state index contributed by atoms with van der Waals surface area (Å²) in [6.45, 7) is 23.6. The van der Waals surface area contributed by atoms with Gasteiger partial charge in [-0.2, -0.15) is 5.10 Å². The molecular weight excluding hydrogens is 618 g/mol. The Hall–Kier alpha value is -4.54. The Bertz CT molecular complexity index is 1540. The van der Waals surface area contributed by atoms with E-state index >= 15 is 0 Å². The number of esters is 1. The number of carbonyl (C=O) groups is 3. The zero-order valence-corrected chi connectivity index (χ0v) is 31.5. The molecule has 2 heterocycles. The summed E-state index contributed by atoms with van der Waals surface area (Å²) in [4.78, 5) is 45.7. The molecule has 2 aromatic heterocycles. The molecule has 0 spiro atoms. The van der Waals surface area contributed by atoms with E-state index in [0.717, 1.165) is 37.7 Å². The van der Waals surface area contributed by atoms with E-state index in [4.69, 9.17) is 10.5 Å². The Balaban J connectivity index is 0.000000933. The van der Waals surface area contributed by atoms with Crippen LogP contribution < -0.4 is 16.4 Å². The van der Waals surface area contributed by atoms with Crippen LogP contribution in [0.1, 0.15) is 117 Å². The molecule has 4 N–H and O–H groups in total. The summed E-state index contributed by atoms with van der Waals surface area (Å²) in [6.07, 6.45) is 15.7. The lowest BCUT2D eigenvalue weighted by Gasteiger charge is -2.21. The predicted molar refractivity (Wildman–Crippen MR) is 200 cm³/mol. The molecule has 0 aliphatic carbocycles. The first kappa shape index (κ1) is 42.5. The summed E-state index contributed by atoms with van der Waals surface area (Å²) in [7, 11) is 1.65. The summed E-state index contributed by atoms with van der Waals surface area (Å²) in [5.41, 5.74) is 9.60. The van der Waals surface area contributed by atoms with Crippen molar-refractivity contribution >= 4 is 35.1 Å². The van der Waals surface area contributed by atoms with Gasteiger partial charge >= 0.3 is 5.97 Å². The van der Waals surface area contributed by atoms with Crippen LogP contribution in [0, 0.1) is 17.8 Å². The van der Waals surface area contributed by atoms with Crippen molar-refractivity contribution in [1.29, 1.82) is 0 Å². The normalized spacial score (nSPS) is 14.7. The molecule has 0 aromatic carbocycles. The number of allylic oxidation sites excluding steroid dienone is 4. The second kappa shape index (κ2) is 20.7. The molecular formula is C38H59N7O4. The van der Waals surface area contributed by atoms with Gasteiger partial charge in [0.25, 0.3) is 5.91 Å². The van der Waals surface area contributed by atoms with E-state index in [9.17, 15) is 14.4 Å². The van der Waals surface area contributed by atoms with Crippen molar-refractivity contribution in [2.24, 2.45) is 28.5 Å². The molecule has 0 aliphatic heterocycles. The first-order valence-corrected chi connectivity index (χ1v) is 17.1. The van der Waals surface area contributed by atoms with Crippen LogP contribution in [0.2, 0.25) is 0 Å². The molecule has 2 aromatic rings. The summed E-state index contributed by atoms with van der Waals surface area (Å²) in [5, 5.41) is 10.3. The Morgan fingerprint density at radius 1 is 1.06 bits per heavy atom. The van der Waals surface area contributed by atoms with E-state index in [2.05, 4.69) is 53.1 Å². The summed E-state index contributed by atoms with van der Waals surface area (Å²) < 4.78 is 6.73. The van der Waals surface area contributed by atoms with E-state index < -0.39 is 0 Å². The molecule has 0 radical (unpaired) electrons. The quantitative estimate of drug-likeness (QED) is 0.103. The second-order valence-corrected chi connectivity index (χ2v) is 13.2. The predicted octanol–water partition coefficient (Wildman–Crippen LogP) is 7.17. The molecule has 49 heavy (non-hydrogen) atoms. The van der Waals surface area contributed by atoms with Crippen LogP contribution in [-0.2, 0) is 14.3 Å². The van der Waals surface area contributed by atoms with Crippen molar-refractivity contribution in [3.05, 3.63) is 71.7 Å². The minimum absolute atomic E-state index is 0.0224. The molecule has 11 nitrogen and oxygen atoms in total. The lowest BCUT2D eigenvalue weighted by molar-refractivity contribution is -0.159. The topological polar surface area (TPSA) is 153 Å². The van der Waals surface area contributed by atoms with Crippen molar-refractivity contribution in [3.63, 3.8) is 0 Å². The standard InChI is InChI=1S/C29H41N7O2.C9H18O2/c1-8-11-12-20(5)28(37)34-23(10-3)13-25(21(6)19(4)9-2)35-29(38)24-16-33-36-18-26(32-17-27(24)36)22(14-30)15-31-7;1-6-7(2)8(10)11-9(3,4)5/h10,13-20H,3,8-9,11-12,30H2,1-2,4-7H3,(H,34,37)(H,35,38);7H,6H2,1-5H3/b22-14+,23-13+,25-21+,31-15?;. The fourth-order valence-corrected chi connectivity index (χ4v) is 4.33. The number of fused-ring (bicyclic) bond motifs is 1. The van der Waals surface area contributed by atoms with Crippen LogP contribution in [0.4, 0.5) is 0 Å². The van der Waals surface area contributed by atoms with E-state index in [1.807, 2.05) is 48.5 Å². The molecule has 0 saturated heterocycles. The maximum atomic E-state index is 13.4. The van der Waals surface area contributed by atoms with Crippen molar-refractivity contribution in [1.82, 2.24) is 25.2 Å². The average molecular weight is 678 g/mol. The van der Waals surface area contributed by atoms with Crippen LogP contribution >= 0.6 is 0 Å². The van der Waals surface area contributed by atoms with Gasteiger partial charge < -0.3 is 21.1 Å². The lowest BCUT2D eigenvalue weighted by Crippen LogP contribution is -2.29. The van der Waals surface area contributed by atoms with Gasteiger partial charge in [-0.05, 0) is 70.6 Å². The molecule has 0 bridgehead atoms. The third-order valence-electron chi connectivity index (χ3n) is 8.06. The van der Waals surface area contributed by atoms with Crippen LogP contribution in [0.5, 0.6) is 0 Å². The Kier molecular flexibility index (Phi) is 18.0. The number of carbonyl (C=O) groups excluding carboxylic acids is 3. The Morgan fingerprint density at radius 2 is 1.71 bits per heavy atom.